The highest BCUT2D eigenvalue weighted by Crippen LogP contribution is 2.31. The normalized spacial score (nSPS) is 18.3. The Labute approximate surface area is 215 Å². The molecule has 0 unspecified atom stereocenters. The third kappa shape index (κ3) is 4.96. The van der Waals surface area contributed by atoms with E-state index >= 15 is 0 Å². The van der Waals surface area contributed by atoms with Crippen molar-refractivity contribution < 1.29 is 19.1 Å². The number of nitrogens with one attached hydrogen (secondary N) is 1. The summed E-state index contributed by atoms with van der Waals surface area (Å²) in [5.41, 5.74) is 2.34. The molecule has 1 fully saturated rings. The van der Waals surface area contributed by atoms with Crippen LogP contribution in [0.4, 0.5) is 0 Å². The number of hydrogen-bond donors (Lipinski definition) is 1. The van der Waals surface area contributed by atoms with E-state index in [4.69, 9.17) is 16.3 Å². The number of amides is 2. The number of fused-ring (bicyclic) bond motifs is 1. The largest absolute Gasteiger partial charge is 0.496 e. The third-order valence-electron chi connectivity index (χ3n) is 6.73. The monoisotopic (exact) mass is 510 g/mol. The predicted octanol–water partition coefficient (Wildman–Crippen LogP) is 3.84. The van der Waals surface area contributed by atoms with Crippen molar-refractivity contribution in [1.82, 2.24) is 19.7 Å². The first-order valence-corrected chi connectivity index (χ1v) is 12.2. The summed E-state index contributed by atoms with van der Waals surface area (Å²) in [6.07, 6.45) is 1.50. The second-order valence-corrected chi connectivity index (χ2v) is 9.98. The van der Waals surface area contributed by atoms with Crippen LogP contribution in [0.5, 0.6) is 5.75 Å². The van der Waals surface area contributed by atoms with E-state index in [1.54, 1.807) is 12.1 Å². The molecule has 2 atom stereocenters. The lowest BCUT2D eigenvalue weighted by Gasteiger charge is -2.44. The number of rotatable bonds is 6. The molecule has 190 valence electrons. The molecule has 8 nitrogen and oxygen atoms in total. The number of halogens is 1. The molecule has 2 aromatic carbocycles. The SMILES string of the molecule is COc1cc2[nH]cc(C(=O)C(=O)N(C)C)c2cc1C(=O)N1C[C@@H](C)N(Cc2cccc(Cl)c2)C[C@@H]1C. The van der Waals surface area contributed by atoms with Gasteiger partial charge in [-0.2, -0.15) is 0 Å². The van der Waals surface area contributed by atoms with E-state index in [2.05, 4.69) is 22.9 Å². The Kier molecular flexibility index (Phi) is 7.38. The average molecular weight is 511 g/mol. The second kappa shape index (κ2) is 10.3. The van der Waals surface area contributed by atoms with Crippen LogP contribution in [0.15, 0.2) is 42.6 Å². The van der Waals surface area contributed by atoms with Gasteiger partial charge in [0.1, 0.15) is 5.75 Å². The molecule has 1 aliphatic rings. The quantitative estimate of drug-likeness (QED) is 0.402. The van der Waals surface area contributed by atoms with Crippen molar-refractivity contribution in [3.05, 3.63) is 64.3 Å². The molecule has 0 aliphatic carbocycles. The summed E-state index contributed by atoms with van der Waals surface area (Å²) in [6.45, 7) is 6.13. The molecule has 1 aliphatic heterocycles. The van der Waals surface area contributed by atoms with E-state index < -0.39 is 11.7 Å². The van der Waals surface area contributed by atoms with Crippen molar-refractivity contribution >= 4 is 40.1 Å². The van der Waals surface area contributed by atoms with Gasteiger partial charge in [-0.25, -0.2) is 0 Å². The smallest absolute Gasteiger partial charge is 0.294 e. The number of aromatic nitrogens is 1. The van der Waals surface area contributed by atoms with Gasteiger partial charge in [-0.3, -0.25) is 19.3 Å². The molecule has 0 bridgehead atoms. The van der Waals surface area contributed by atoms with E-state index in [9.17, 15) is 14.4 Å². The molecule has 0 spiro atoms. The van der Waals surface area contributed by atoms with Crippen molar-refractivity contribution in [2.75, 3.05) is 34.3 Å². The fourth-order valence-corrected chi connectivity index (χ4v) is 4.93. The Balaban J connectivity index is 1.61. The molecule has 9 heteroatoms. The number of benzene rings is 2. The minimum atomic E-state index is -0.633. The zero-order chi connectivity index (χ0) is 26.1. The number of nitrogens with zero attached hydrogens (tertiary/aromatic N) is 3. The van der Waals surface area contributed by atoms with Crippen LogP contribution in [0.1, 0.15) is 40.1 Å². The van der Waals surface area contributed by atoms with E-state index in [0.717, 1.165) is 12.1 Å². The van der Waals surface area contributed by atoms with Crippen molar-refractivity contribution in [1.29, 1.82) is 0 Å². The van der Waals surface area contributed by atoms with E-state index in [0.29, 0.717) is 40.3 Å². The Hall–Kier alpha value is -3.36. The lowest BCUT2D eigenvalue weighted by molar-refractivity contribution is -0.124. The number of carbonyl (C=O) groups excluding carboxylic acids is 3. The molecule has 3 aromatic rings. The Bertz CT molecular complexity index is 1320. The number of Topliss-reactive ketones (excluding diaryl/α,β-unsaturated/α-hetero) is 1. The fraction of sp³-hybridized carbons (Fsp3) is 0.370. The summed E-state index contributed by atoms with van der Waals surface area (Å²) in [4.78, 5) is 47.3. The summed E-state index contributed by atoms with van der Waals surface area (Å²) in [5.74, 6) is -1.02. The highest BCUT2D eigenvalue weighted by atomic mass is 35.5. The predicted molar refractivity (Wildman–Crippen MR) is 140 cm³/mol. The summed E-state index contributed by atoms with van der Waals surface area (Å²) in [6, 6.07) is 11.3. The third-order valence-corrected chi connectivity index (χ3v) is 6.96. The number of methoxy groups -OCH3 is 1. The maximum atomic E-state index is 13.8. The van der Waals surface area contributed by atoms with Gasteiger partial charge in [0.05, 0.1) is 18.2 Å². The lowest BCUT2D eigenvalue weighted by Crippen LogP contribution is -2.57. The van der Waals surface area contributed by atoms with Gasteiger partial charge in [-0.05, 0) is 37.6 Å². The first-order chi connectivity index (χ1) is 17.1. The molecule has 1 aromatic heterocycles. The first-order valence-electron chi connectivity index (χ1n) is 11.8. The number of hydrogen-bond acceptors (Lipinski definition) is 5. The van der Waals surface area contributed by atoms with Gasteiger partial charge in [0, 0.05) is 74.0 Å². The van der Waals surface area contributed by atoms with Crippen LogP contribution in [0.3, 0.4) is 0 Å². The molecule has 2 heterocycles. The van der Waals surface area contributed by atoms with E-state index in [-0.39, 0.29) is 23.6 Å². The van der Waals surface area contributed by atoms with Gasteiger partial charge >= 0.3 is 0 Å². The molecule has 1 saturated heterocycles. The summed E-state index contributed by atoms with van der Waals surface area (Å²) >= 11 is 6.16. The molecule has 4 rings (SSSR count). The van der Waals surface area contributed by atoms with Gasteiger partial charge in [-0.15, -0.1) is 0 Å². The minimum Gasteiger partial charge on any atom is -0.496 e. The number of likely N-dealkylation sites (N-methyl/N-ethyl adjacent to an activating group) is 1. The van der Waals surface area contributed by atoms with Gasteiger partial charge in [0.15, 0.2) is 0 Å². The van der Waals surface area contributed by atoms with E-state index in [1.165, 1.54) is 32.3 Å². The fourth-order valence-electron chi connectivity index (χ4n) is 4.72. The van der Waals surface area contributed by atoms with Gasteiger partial charge < -0.3 is 19.5 Å². The number of H-pyrrole nitrogens is 1. The van der Waals surface area contributed by atoms with E-state index in [1.807, 2.05) is 30.0 Å². The summed E-state index contributed by atoms with van der Waals surface area (Å²) in [5, 5.41) is 1.22. The maximum absolute atomic E-state index is 13.8. The average Bonchev–Trinajstić information content (AvgIpc) is 3.26. The van der Waals surface area contributed by atoms with Crippen LogP contribution < -0.4 is 4.74 Å². The number of ketones is 1. The van der Waals surface area contributed by atoms with Crippen LogP contribution in [0.25, 0.3) is 10.9 Å². The van der Waals surface area contributed by atoms with Crippen LogP contribution >= 0.6 is 11.6 Å². The Morgan fingerprint density at radius 3 is 2.50 bits per heavy atom. The highest BCUT2D eigenvalue weighted by molar-refractivity contribution is 6.44. The van der Waals surface area contributed by atoms with Crippen LogP contribution in [-0.2, 0) is 11.3 Å². The standard InChI is InChI=1S/C27H31ClN4O4/c1-16-14-32(17(2)13-31(16)15-18-7-6-8-19(28)9-18)26(34)21-10-20-22(25(33)27(35)30(3)4)12-29-23(20)11-24(21)36-5/h6-12,16-17,29H,13-15H2,1-5H3/t16-,17+/m1/s1. The Morgan fingerprint density at radius 1 is 1.08 bits per heavy atom. The molecule has 36 heavy (non-hydrogen) atoms. The molecular weight excluding hydrogens is 480 g/mol. The van der Waals surface area contributed by atoms with Crippen LogP contribution in [-0.4, -0.2) is 83.7 Å². The minimum absolute atomic E-state index is 0.0454. The summed E-state index contributed by atoms with van der Waals surface area (Å²) < 4.78 is 5.54. The molecular formula is C27H31ClN4O4. The van der Waals surface area contributed by atoms with Crippen molar-refractivity contribution in [3.63, 3.8) is 0 Å². The van der Waals surface area contributed by atoms with Gasteiger partial charge in [0.2, 0.25) is 0 Å². The molecule has 0 saturated carbocycles. The van der Waals surface area contributed by atoms with Crippen molar-refractivity contribution in [2.24, 2.45) is 0 Å². The molecule has 2 amide bonds. The second-order valence-electron chi connectivity index (χ2n) is 9.54. The van der Waals surface area contributed by atoms with Gasteiger partial charge in [0.25, 0.3) is 17.6 Å². The number of piperazine rings is 1. The first kappa shape index (κ1) is 25.7. The van der Waals surface area contributed by atoms with Crippen LogP contribution in [0, 0.1) is 0 Å². The van der Waals surface area contributed by atoms with Crippen molar-refractivity contribution in [3.8, 4) is 5.75 Å². The summed E-state index contributed by atoms with van der Waals surface area (Å²) in [7, 11) is 4.57. The zero-order valence-electron chi connectivity index (χ0n) is 21.2. The molecule has 1 N–H and O–H groups in total. The topological polar surface area (TPSA) is 85.9 Å². The van der Waals surface area contributed by atoms with Crippen molar-refractivity contribution in [2.45, 2.75) is 32.5 Å². The lowest BCUT2D eigenvalue weighted by atomic mass is 10.0. The Morgan fingerprint density at radius 2 is 1.83 bits per heavy atom. The zero-order valence-corrected chi connectivity index (χ0v) is 21.9. The van der Waals surface area contributed by atoms with Gasteiger partial charge in [-0.1, -0.05) is 23.7 Å². The number of ether oxygens (including phenoxy) is 1. The maximum Gasteiger partial charge on any atom is 0.294 e. The number of aromatic amines is 1. The van der Waals surface area contributed by atoms with Crippen LogP contribution in [0.2, 0.25) is 5.02 Å². The molecule has 0 radical (unpaired) electrons. The highest BCUT2D eigenvalue weighted by Gasteiger charge is 2.34. The number of carbonyl (C=O) groups is 3.